The van der Waals surface area contributed by atoms with E-state index in [1.165, 1.54) is 6.08 Å². The van der Waals surface area contributed by atoms with Gasteiger partial charge < -0.3 is 10.4 Å². The summed E-state index contributed by atoms with van der Waals surface area (Å²) < 4.78 is 0. The molecule has 1 unspecified atom stereocenters. The Balaban J connectivity index is 1.64. The molecular formula is C19H19NO2S. The van der Waals surface area contributed by atoms with Crippen molar-refractivity contribution in [3.05, 3.63) is 77.4 Å². The molecule has 0 saturated heterocycles. The monoisotopic (exact) mass is 325 g/mol. The lowest BCUT2D eigenvalue weighted by Gasteiger charge is -2.34. The van der Waals surface area contributed by atoms with Gasteiger partial charge in [-0.05, 0) is 22.8 Å². The summed E-state index contributed by atoms with van der Waals surface area (Å²) in [6.45, 7) is 0.217. The number of aliphatic hydroxyl groups is 1. The van der Waals surface area contributed by atoms with Crippen molar-refractivity contribution in [2.45, 2.75) is 11.4 Å². The summed E-state index contributed by atoms with van der Waals surface area (Å²) >= 11 is 1.69. The van der Waals surface area contributed by atoms with Gasteiger partial charge in [0.1, 0.15) is 5.60 Å². The van der Waals surface area contributed by atoms with Crippen molar-refractivity contribution in [2.75, 3.05) is 12.3 Å². The van der Waals surface area contributed by atoms with Gasteiger partial charge in [0.25, 0.3) is 0 Å². The van der Waals surface area contributed by atoms with Crippen molar-refractivity contribution >= 4 is 23.7 Å². The van der Waals surface area contributed by atoms with Crippen molar-refractivity contribution in [2.24, 2.45) is 0 Å². The Kier molecular flexibility index (Phi) is 4.84. The van der Waals surface area contributed by atoms with Crippen LogP contribution in [0.5, 0.6) is 0 Å². The fraction of sp³-hybridized carbons (Fsp3) is 0.211. The van der Waals surface area contributed by atoms with E-state index in [0.717, 1.165) is 22.4 Å². The molecule has 1 atom stereocenters. The van der Waals surface area contributed by atoms with Gasteiger partial charge in [0.05, 0.1) is 6.54 Å². The van der Waals surface area contributed by atoms with E-state index in [2.05, 4.69) is 5.32 Å². The van der Waals surface area contributed by atoms with Crippen molar-refractivity contribution in [1.29, 1.82) is 0 Å². The molecule has 0 aliphatic carbocycles. The van der Waals surface area contributed by atoms with Crippen LogP contribution >= 0.6 is 11.8 Å². The molecule has 4 heteroatoms. The van der Waals surface area contributed by atoms with Crippen molar-refractivity contribution in [3.63, 3.8) is 0 Å². The van der Waals surface area contributed by atoms with E-state index in [4.69, 9.17) is 0 Å². The molecule has 0 bridgehead atoms. The van der Waals surface area contributed by atoms with Gasteiger partial charge in [0, 0.05) is 17.6 Å². The Labute approximate surface area is 140 Å². The molecule has 1 aliphatic rings. The Bertz CT molecular complexity index is 714. The van der Waals surface area contributed by atoms with Gasteiger partial charge in [-0.15, -0.1) is 0 Å². The molecule has 0 saturated carbocycles. The summed E-state index contributed by atoms with van der Waals surface area (Å²) in [6.07, 6.45) is 3.27. The summed E-state index contributed by atoms with van der Waals surface area (Å²) in [7, 11) is 0. The minimum atomic E-state index is -1.00. The molecule has 3 nitrogen and oxygen atoms in total. The fourth-order valence-electron chi connectivity index (χ4n) is 2.68. The normalized spacial score (nSPS) is 20.2. The number of hydrogen-bond acceptors (Lipinski definition) is 3. The number of carbonyl (C=O) groups excluding carboxylic acids is 1. The summed E-state index contributed by atoms with van der Waals surface area (Å²) in [5, 5.41) is 13.7. The Morgan fingerprint density at radius 1 is 1.17 bits per heavy atom. The van der Waals surface area contributed by atoms with Crippen LogP contribution in [0.15, 0.2) is 60.7 Å². The van der Waals surface area contributed by atoms with Crippen LogP contribution in [0.25, 0.3) is 6.08 Å². The molecule has 1 aliphatic heterocycles. The quantitative estimate of drug-likeness (QED) is 0.850. The van der Waals surface area contributed by atoms with Crippen molar-refractivity contribution in [3.8, 4) is 0 Å². The highest BCUT2D eigenvalue weighted by atomic mass is 32.2. The summed E-state index contributed by atoms with van der Waals surface area (Å²) in [5.41, 5.74) is 2.03. The van der Waals surface area contributed by atoms with Crippen LogP contribution in [-0.2, 0) is 16.1 Å². The second-order valence-electron chi connectivity index (χ2n) is 5.64. The average molecular weight is 325 g/mol. The minimum absolute atomic E-state index is 0.199. The van der Waals surface area contributed by atoms with Crippen LogP contribution < -0.4 is 5.32 Å². The van der Waals surface area contributed by atoms with E-state index in [-0.39, 0.29) is 12.5 Å². The number of fused-ring (bicyclic) bond motifs is 1. The third-order valence-corrected chi connectivity index (χ3v) is 5.10. The molecule has 0 fully saturated rings. The number of carbonyl (C=O) groups is 1. The molecule has 2 N–H and O–H groups in total. The molecule has 0 aromatic heterocycles. The maximum Gasteiger partial charge on any atom is 0.244 e. The van der Waals surface area contributed by atoms with E-state index >= 15 is 0 Å². The van der Waals surface area contributed by atoms with Gasteiger partial charge in [0.15, 0.2) is 0 Å². The highest BCUT2D eigenvalue weighted by Gasteiger charge is 2.34. The number of nitrogens with one attached hydrogen (secondary N) is 1. The van der Waals surface area contributed by atoms with Crippen LogP contribution in [0.1, 0.15) is 16.7 Å². The Morgan fingerprint density at radius 2 is 1.91 bits per heavy atom. The summed E-state index contributed by atoms with van der Waals surface area (Å²) in [6, 6.07) is 17.5. The first kappa shape index (κ1) is 15.8. The maximum absolute atomic E-state index is 12.0. The van der Waals surface area contributed by atoms with Gasteiger partial charge in [-0.1, -0.05) is 54.6 Å². The molecule has 2 aromatic rings. The highest BCUT2D eigenvalue weighted by Crippen LogP contribution is 2.35. The fourth-order valence-corrected chi connectivity index (χ4v) is 3.85. The first-order valence-electron chi connectivity index (χ1n) is 7.57. The topological polar surface area (TPSA) is 49.3 Å². The minimum Gasteiger partial charge on any atom is -0.382 e. The van der Waals surface area contributed by atoms with E-state index in [1.807, 2.05) is 54.6 Å². The molecular weight excluding hydrogens is 306 g/mol. The second-order valence-corrected chi connectivity index (χ2v) is 6.63. The molecule has 118 valence electrons. The predicted molar refractivity (Wildman–Crippen MR) is 95.0 cm³/mol. The van der Waals surface area contributed by atoms with E-state index in [1.54, 1.807) is 17.8 Å². The van der Waals surface area contributed by atoms with Crippen LogP contribution in [0, 0.1) is 0 Å². The van der Waals surface area contributed by atoms with Crippen LogP contribution in [0.4, 0.5) is 0 Å². The van der Waals surface area contributed by atoms with Crippen LogP contribution in [-0.4, -0.2) is 23.3 Å². The molecule has 0 spiro atoms. The summed E-state index contributed by atoms with van der Waals surface area (Å²) in [4.78, 5) is 12.0. The zero-order chi connectivity index (χ0) is 16.1. The average Bonchev–Trinajstić information content (AvgIpc) is 2.60. The van der Waals surface area contributed by atoms with Crippen LogP contribution in [0.3, 0.4) is 0 Å². The molecule has 23 heavy (non-hydrogen) atoms. The largest absolute Gasteiger partial charge is 0.382 e. The van der Waals surface area contributed by atoms with E-state index in [9.17, 15) is 9.90 Å². The molecule has 2 aromatic carbocycles. The van der Waals surface area contributed by atoms with Gasteiger partial charge in [-0.25, -0.2) is 0 Å². The number of amides is 1. The standard InChI is InChI=1S/C19H19NO2S/c21-18(11-10-15-6-2-1-3-7-15)20-13-19(22)14-23-12-16-8-4-5-9-17(16)19/h1-11,22H,12-14H2,(H,20,21). The predicted octanol–water partition coefficient (Wildman–Crippen LogP) is 2.95. The zero-order valence-electron chi connectivity index (χ0n) is 12.7. The number of hydrogen-bond donors (Lipinski definition) is 2. The number of thioether (sulfide) groups is 1. The van der Waals surface area contributed by atoms with E-state index in [0.29, 0.717) is 5.75 Å². The maximum atomic E-state index is 12.0. The summed E-state index contributed by atoms with van der Waals surface area (Å²) in [5.74, 6) is 1.29. The lowest BCUT2D eigenvalue weighted by molar-refractivity contribution is -0.117. The van der Waals surface area contributed by atoms with Crippen molar-refractivity contribution < 1.29 is 9.90 Å². The molecule has 1 heterocycles. The van der Waals surface area contributed by atoms with Gasteiger partial charge in [-0.2, -0.15) is 11.8 Å². The zero-order valence-corrected chi connectivity index (χ0v) is 13.6. The molecule has 3 rings (SSSR count). The third-order valence-electron chi connectivity index (χ3n) is 3.90. The molecule has 1 amide bonds. The van der Waals surface area contributed by atoms with Crippen LogP contribution in [0.2, 0.25) is 0 Å². The Morgan fingerprint density at radius 3 is 2.74 bits per heavy atom. The van der Waals surface area contributed by atoms with Crippen molar-refractivity contribution in [1.82, 2.24) is 5.32 Å². The Hall–Kier alpha value is -2.04. The van der Waals surface area contributed by atoms with E-state index < -0.39 is 5.60 Å². The smallest absolute Gasteiger partial charge is 0.244 e. The SMILES string of the molecule is O=C(C=Cc1ccccc1)NCC1(O)CSCc2ccccc21. The lowest BCUT2D eigenvalue weighted by atomic mass is 9.91. The number of benzene rings is 2. The van der Waals surface area contributed by atoms with Gasteiger partial charge in [0.2, 0.25) is 5.91 Å². The lowest BCUT2D eigenvalue weighted by Crippen LogP contribution is -2.44. The van der Waals surface area contributed by atoms with Gasteiger partial charge >= 0.3 is 0 Å². The van der Waals surface area contributed by atoms with Gasteiger partial charge in [-0.3, -0.25) is 4.79 Å². The number of rotatable bonds is 4. The first-order chi connectivity index (χ1) is 11.2. The second kappa shape index (κ2) is 7.02. The highest BCUT2D eigenvalue weighted by molar-refractivity contribution is 7.98. The first-order valence-corrected chi connectivity index (χ1v) is 8.72. The molecule has 0 radical (unpaired) electrons. The third kappa shape index (κ3) is 3.84.